The molecule has 0 aliphatic rings. The molecular weight excluding hydrogens is 119 g/mol. The Balaban J connectivity index is 2.50. The summed E-state index contributed by atoms with van der Waals surface area (Å²) < 4.78 is 4.93. The fourth-order valence-electron chi connectivity index (χ4n) is 0.514. The number of rotatable bonds is 2. The van der Waals surface area contributed by atoms with Crippen LogP contribution in [0.3, 0.4) is 0 Å². The Kier molecular flexibility index (Phi) is 2.10. The van der Waals surface area contributed by atoms with Crippen LogP contribution in [0, 0.1) is 0 Å². The van der Waals surface area contributed by atoms with Gasteiger partial charge in [-0.3, -0.25) is 0 Å². The van der Waals surface area contributed by atoms with Gasteiger partial charge in [-0.15, -0.1) is 0 Å². The Morgan fingerprint density at radius 2 is 2.75 bits per heavy atom. The number of nitrogens with one attached hydrogen (secondary N) is 1. The summed E-state index contributed by atoms with van der Waals surface area (Å²) in [6, 6.07) is 0. The van der Waals surface area contributed by atoms with Gasteiger partial charge in [-0.05, 0) is 0 Å². The lowest BCUT2D eigenvalue weighted by Gasteiger charge is -1.90. The molecule has 1 aromatic rings. The number of hydrogen-bond acceptors (Lipinski definition) is 2. The van der Waals surface area contributed by atoms with Gasteiger partial charge >= 0.3 is 16.6 Å². The number of aromatic amines is 1. The number of aromatic nitrogens is 2. The molecule has 42 valence electrons. The van der Waals surface area contributed by atoms with Gasteiger partial charge in [0, 0.05) is 12.4 Å². The summed E-state index contributed by atoms with van der Waals surface area (Å²) >= 11 is 0.775. The molecule has 1 rings (SSSR count). The van der Waals surface area contributed by atoms with E-state index in [0.717, 1.165) is 22.4 Å². The lowest BCUT2D eigenvalue weighted by molar-refractivity contribution is 0.328. The molecule has 1 heterocycles. The van der Waals surface area contributed by atoms with E-state index >= 15 is 0 Å². The van der Waals surface area contributed by atoms with E-state index in [4.69, 9.17) is 3.79 Å². The predicted octanol–water partition coefficient (Wildman–Crippen LogP) is -0.526. The Bertz CT molecular complexity index is 140. The average molecular weight is 126 g/mol. The van der Waals surface area contributed by atoms with E-state index in [0.29, 0.717) is 6.61 Å². The minimum Gasteiger partial charge on any atom is -0.500 e. The first-order chi connectivity index (χ1) is 3.93. The quantitative estimate of drug-likeness (QED) is 0.541. The van der Waals surface area contributed by atoms with Crippen molar-refractivity contribution in [2.75, 3.05) is 0 Å². The minimum absolute atomic E-state index is 0.624. The third kappa shape index (κ3) is 1.34. The normalized spacial score (nSPS) is 9.50. The lowest BCUT2D eigenvalue weighted by Crippen LogP contribution is -1.89. The second-order valence-electron chi connectivity index (χ2n) is 1.47. The van der Waals surface area contributed by atoms with Crippen molar-refractivity contribution in [1.82, 2.24) is 9.97 Å². The van der Waals surface area contributed by atoms with Crippen LogP contribution < -0.4 is 0 Å². The van der Waals surface area contributed by atoms with Gasteiger partial charge < -0.3 is 8.77 Å². The molecular formula is C4H7AlN2O. The van der Waals surface area contributed by atoms with Crippen molar-refractivity contribution in [1.29, 1.82) is 0 Å². The highest BCUT2D eigenvalue weighted by atomic mass is 27.1. The Morgan fingerprint density at radius 3 is 3.25 bits per heavy atom. The zero-order valence-electron chi connectivity index (χ0n) is 4.72. The maximum Gasteiger partial charge on any atom is 0.410 e. The van der Waals surface area contributed by atoms with Crippen LogP contribution in [0.4, 0.5) is 0 Å². The zero-order valence-corrected chi connectivity index (χ0v) is 6.72. The fourth-order valence-corrected chi connectivity index (χ4v) is 0.787. The van der Waals surface area contributed by atoms with Crippen LogP contribution in [-0.4, -0.2) is 26.6 Å². The smallest absolute Gasteiger partial charge is 0.410 e. The van der Waals surface area contributed by atoms with Crippen LogP contribution in [0.2, 0.25) is 0 Å². The number of hydrogen-bond donors (Lipinski definition) is 1. The first-order valence-electron chi connectivity index (χ1n) is 2.40. The van der Waals surface area contributed by atoms with Crippen molar-refractivity contribution in [3.63, 3.8) is 0 Å². The van der Waals surface area contributed by atoms with E-state index in [1.807, 2.05) is 0 Å². The van der Waals surface area contributed by atoms with Crippen LogP contribution in [0.15, 0.2) is 12.4 Å². The van der Waals surface area contributed by atoms with E-state index in [1.54, 1.807) is 12.4 Å². The van der Waals surface area contributed by atoms with Crippen molar-refractivity contribution in [2.45, 2.75) is 6.61 Å². The molecule has 0 saturated heterocycles. The van der Waals surface area contributed by atoms with Crippen molar-refractivity contribution in [2.24, 2.45) is 0 Å². The molecule has 0 saturated carbocycles. The molecule has 0 atom stereocenters. The minimum atomic E-state index is 0.624. The molecule has 0 radical (unpaired) electrons. The van der Waals surface area contributed by atoms with E-state index in [9.17, 15) is 0 Å². The number of nitrogens with zero attached hydrogens (tertiary/aromatic N) is 1. The number of imidazole rings is 1. The Morgan fingerprint density at radius 1 is 1.88 bits per heavy atom. The summed E-state index contributed by atoms with van der Waals surface area (Å²) in [6.07, 6.45) is 3.51. The fraction of sp³-hybridized carbons (Fsp3) is 0.250. The number of H-pyrrole nitrogens is 1. The molecule has 0 unspecified atom stereocenters. The molecule has 8 heavy (non-hydrogen) atoms. The molecule has 1 N–H and O–H groups in total. The van der Waals surface area contributed by atoms with Gasteiger partial charge in [0.2, 0.25) is 0 Å². The molecule has 0 fully saturated rings. The van der Waals surface area contributed by atoms with Gasteiger partial charge in [0.05, 0.1) is 6.61 Å². The summed E-state index contributed by atoms with van der Waals surface area (Å²) in [4.78, 5) is 6.87. The highest BCUT2D eigenvalue weighted by molar-refractivity contribution is 5.97. The molecule has 4 heteroatoms. The molecule has 0 amide bonds. The van der Waals surface area contributed by atoms with Crippen LogP contribution in [0.1, 0.15) is 5.82 Å². The molecule has 0 aliphatic heterocycles. The zero-order chi connectivity index (χ0) is 5.82. The molecule has 0 aromatic carbocycles. The third-order valence-corrected chi connectivity index (χ3v) is 1.12. The summed E-state index contributed by atoms with van der Waals surface area (Å²) in [5.41, 5.74) is 0. The molecule has 1 aromatic heterocycles. The van der Waals surface area contributed by atoms with Crippen LogP contribution in [0.25, 0.3) is 0 Å². The van der Waals surface area contributed by atoms with Gasteiger partial charge in [0.25, 0.3) is 0 Å². The van der Waals surface area contributed by atoms with Crippen LogP contribution in [-0.2, 0) is 10.4 Å². The summed E-state index contributed by atoms with van der Waals surface area (Å²) in [6.45, 7) is 0.624. The standard InChI is InChI=1S/C4H5N2O.Al.2H/c7-3-4-5-1-2-6-4;;;/h1-2H,3H2,(H,5,6);;;/q-1;+1;;. The molecule has 3 nitrogen and oxygen atoms in total. The van der Waals surface area contributed by atoms with Crippen molar-refractivity contribution < 1.29 is 3.79 Å². The van der Waals surface area contributed by atoms with Crippen LogP contribution >= 0.6 is 0 Å². The van der Waals surface area contributed by atoms with Crippen molar-refractivity contribution >= 4 is 16.6 Å². The second kappa shape index (κ2) is 2.88. The van der Waals surface area contributed by atoms with E-state index in [2.05, 4.69) is 9.97 Å². The first-order valence-corrected chi connectivity index (χ1v) is 3.22. The third-order valence-electron chi connectivity index (χ3n) is 0.836. The van der Waals surface area contributed by atoms with E-state index in [-0.39, 0.29) is 0 Å². The largest absolute Gasteiger partial charge is 0.500 e. The predicted molar refractivity (Wildman–Crippen MR) is 31.9 cm³/mol. The lowest BCUT2D eigenvalue weighted by atomic mass is 10.7. The van der Waals surface area contributed by atoms with Crippen molar-refractivity contribution in [3.8, 4) is 0 Å². The highest BCUT2D eigenvalue weighted by Gasteiger charge is 1.87. The second-order valence-corrected chi connectivity index (χ2v) is 2.05. The van der Waals surface area contributed by atoms with Gasteiger partial charge in [0.15, 0.2) is 0 Å². The SMILES string of the molecule is [AlH2][O]Cc1ncc[nH]1. The topological polar surface area (TPSA) is 37.9 Å². The highest BCUT2D eigenvalue weighted by Crippen LogP contribution is 1.87. The molecule has 0 spiro atoms. The van der Waals surface area contributed by atoms with E-state index < -0.39 is 0 Å². The Labute approximate surface area is 55.8 Å². The maximum atomic E-state index is 4.93. The van der Waals surface area contributed by atoms with Gasteiger partial charge in [0.1, 0.15) is 5.82 Å². The monoisotopic (exact) mass is 126 g/mol. The van der Waals surface area contributed by atoms with E-state index in [1.165, 1.54) is 0 Å². The average Bonchev–Trinajstić information content (AvgIpc) is 2.19. The van der Waals surface area contributed by atoms with Gasteiger partial charge in [-0.25, -0.2) is 4.98 Å². The summed E-state index contributed by atoms with van der Waals surface area (Å²) in [7, 11) is 0. The summed E-state index contributed by atoms with van der Waals surface area (Å²) in [5.74, 6) is 0.903. The molecule has 0 aliphatic carbocycles. The maximum absolute atomic E-state index is 4.93. The Hall–Kier alpha value is -0.298. The van der Waals surface area contributed by atoms with Crippen LogP contribution in [0.5, 0.6) is 0 Å². The van der Waals surface area contributed by atoms with Crippen molar-refractivity contribution in [3.05, 3.63) is 18.2 Å². The van der Waals surface area contributed by atoms with Gasteiger partial charge in [-0.2, -0.15) is 0 Å². The first kappa shape index (κ1) is 5.83. The summed E-state index contributed by atoms with van der Waals surface area (Å²) in [5, 5.41) is 0. The van der Waals surface area contributed by atoms with Gasteiger partial charge in [-0.1, -0.05) is 0 Å². The molecule has 0 bridgehead atoms.